The van der Waals surface area contributed by atoms with E-state index in [1.165, 1.54) is 12.3 Å². The van der Waals surface area contributed by atoms with E-state index < -0.39 is 0 Å². The van der Waals surface area contributed by atoms with Gasteiger partial charge in [0.25, 0.3) is 5.91 Å². The van der Waals surface area contributed by atoms with Crippen LogP contribution in [0.4, 0.5) is 0 Å². The van der Waals surface area contributed by atoms with Crippen molar-refractivity contribution in [2.75, 3.05) is 13.2 Å². The number of aromatic amines is 1. The van der Waals surface area contributed by atoms with Crippen LogP contribution in [-0.4, -0.2) is 34.2 Å². The van der Waals surface area contributed by atoms with E-state index in [-0.39, 0.29) is 17.9 Å². The summed E-state index contributed by atoms with van der Waals surface area (Å²) in [4.78, 5) is 19.5. The molecule has 1 aliphatic heterocycles. The minimum Gasteiger partial charge on any atom is -0.381 e. The predicted molar refractivity (Wildman–Crippen MR) is 78.3 cm³/mol. The number of amides is 1. The molecule has 1 atom stereocenters. The molecular weight excluding hydrogens is 298 g/mol. The predicted octanol–water partition coefficient (Wildman–Crippen LogP) is 1.48. The van der Waals surface area contributed by atoms with Crippen LogP contribution in [0.15, 0.2) is 16.8 Å². The second kappa shape index (κ2) is 6.62. The topological polar surface area (TPSA) is 117 Å². The number of carbonyl (C=O) groups is 1. The molecule has 0 radical (unpaired) electrons. The number of nitriles is 1. The molecule has 3 rings (SSSR count). The molecule has 1 amide bonds. The Morgan fingerprint density at radius 2 is 2.30 bits per heavy atom. The molecule has 1 fully saturated rings. The van der Waals surface area contributed by atoms with Crippen LogP contribution in [0.2, 0.25) is 0 Å². The lowest BCUT2D eigenvalue weighted by molar-refractivity contribution is 0.0467. The molecule has 1 aliphatic rings. The van der Waals surface area contributed by atoms with E-state index >= 15 is 0 Å². The van der Waals surface area contributed by atoms with Gasteiger partial charge in [-0.2, -0.15) is 10.2 Å². The second-order valence-electron chi connectivity index (χ2n) is 5.49. The first-order chi connectivity index (χ1) is 11.2. The molecule has 23 heavy (non-hydrogen) atoms. The first kappa shape index (κ1) is 15.2. The molecule has 1 saturated heterocycles. The van der Waals surface area contributed by atoms with Gasteiger partial charge in [-0.05, 0) is 31.7 Å². The monoisotopic (exact) mass is 315 g/mol. The molecule has 0 spiro atoms. The number of aromatic nitrogens is 3. The minimum absolute atomic E-state index is 0.165. The maximum absolute atomic E-state index is 12.4. The molecule has 0 aliphatic carbocycles. The molecule has 0 saturated carbocycles. The number of hydrogen-bond donors (Lipinski definition) is 2. The summed E-state index contributed by atoms with van der Waals surface area (Å²) < 4.78 is 10.6. The van der Waals surface area contributed by atoms with E-state index in [2.05, 4.69) is 20.4 Å². The van der Waals surface area contributed by atoms with E-state index in [0.717, 1.165) is 12.8 Å². The molecule has 1 unspecified atom stereocenters. The van der Waals surface area contributed by atoms with Crippen LogP contribution < -0.4 is 5.32 Å². The number of ether oxygens (including phenoxy) is 1. The fraction of sp³-hybridized carbons (Fsp3) is 0.467. The van der Waals surface area contributed by atoms with Crippen molar-refractivity contribution in [1.29, 1.82) is 5.26 Å². The zero-order chi connectivity index (χ0) is 16.2. The van der Waals surface area contributed by atoms with Crippen molar-refractivity contribution in [3.63, 3.8) is 0 Å². The summed E-state index contributed by atoms with van der Waals surface area (Å²) in [7, 11) is 0. The Kier molecular flexibility index (Phi) is 4.39. The summed E-state index contributed by atoms with van der Waals surface area (Å²) in [6, 6.07) is 3.12. The van der Waals surface area contributed by atoms with Crippen molar-refractivity contribution in [3.8, 4) is 6.07 Å². The molecule has 0 bridgehead atoms. The maximum atomic E-state index is 12.4. The highest BCUT2D eigenvalue weighted by molar-refractivity contribution is 5.93. The van der Waals surface area contributed by atoms with Crippen molar-refractivity contribution < 1.29 is 14.1 Å². The van der Waals surface area contributed by atoms with Crippen LogP contribution in [0.1, 0.15) is 46.7 Å². The smallest absolute Gasteiger partial charge is 0.268 e. The van der Waals surface area contributed by atoms with E-state index in [1.807, 2.05) is 6.07 Å². The van der Waals surface area contributed by atoms with Crippen LogP contribution in [0, 0.1) is 24.2 Å². The molecule has 2 aromatic heterocycles. The molecule has 2 aromatic rings. The SMILES string of the molecule is Cc1noc(C(NC(=O)c2cc(C#N)c[nH]2)C2CCOCC2)n1. The van der Waals surface area contributed by atoms with Crippen LogP contribution in [0.25, 0.3) is 0 Å². The van der Waals surface area contributed by atoms with E-state index in [1.54, 1.807) is 6.92 Å². The van der Waals surface area contributed by atoms with Gasteiger partial charge < -0.3 is 19.6 Å². The summed E-state index contributed by atoms with van der Waals surface area (Å²) in [6.07, 6.45) is 3.11. The standard InChI is InChI=1S/C15H17N5O3/c1-9-18-15(23-20-9)13(11-2-4-22-5-3-11)19-14(21)12-6-10(7-16)8-17-12/h6,8,11,13,17H,2-5H2,1H3,(H,19,21). The first-order valence-corrected chi connectivity index (χ1v) is 7.44. The highest BCUT2D eigenvalue weighted by atomic mass is 16.5. The third-order valence-electron chi connectivity index (χ3n) is 3.89. The van der Waals surface area contributed by atoms with Gasteiger partial charge >= 0.3 is 0 Å². The van der Waals surface area contributed by atoms with Crippen molar-refractivity contribution in [2.45, 2.75) is 25.8 Å². The van der Waals surface area contributed by atoms with Gasteiger partial charge in [0.05, 0.1) is 5.56 Å². The molecule has 8 nitrogen and oxygen atoms in total. The van der Waals surface area contributed by atoms with E-state index in [0.29, 0.717) is 36.2 Å². The third-order valence-corrected chi connectivity index (χ3v) is 3.89. The quantitative estimate of drug-likeness (QED) is 0.882. The van der Waals surface area contributed by atoms with Gasteiger partial charge in [0.2, 0.25) is 5.89 Å². The lowest BCUT2D eigenvalue weighted by Crippen LogP contribution is -2.36. The maximum Gasteiger partial charge on any atom is 0.268 e. The van der Waals surface area contributed by atoms with Gasteiger partial charge in [-0.15, -0.1) is 0 Å². The number of nitrogens with one attached hydrogen (secondary N) is 2. The Morgan fingerprint density at radius 3 is 2.91 bits per heavy atom. The van der Waals surface area contributed by atoms with Crippen LogP contribution >= 0.6 is 0 Å². The zero-order valence-corrected chi connectivity index (χ0v) is 12.7. The third kappa shape index (κ3) is 3.40. The van der Waals surface area contributed by atoms with Gasteiger partial charge in [-0.1, -0.05) is 5.16 Å². The summed E-state index contributed by atoms with van der Waals surface area (Å²) in [5, 5.41) is 15.6. The Morgan fingerprint density at radius 1 is 1.52 bits per heavy atom. The van der Waals surface area contributed by atoms with Gasteiger partial charge in [0.15, 0.2) is 5.82 Å². The van der Waals surface area contributed by atoms with Gasteiger partial charge in [-0.3, -0.25) is 4.79 Å². The Labute approximate surface area is 132 Å². The molecule has 2 N–H and O–H groups in total. The lowest BCUT2D eigenvalue weighted by atomic mass is 9.91. The second-order valence-corrected chi connectivity index (χ2v) is 5.49. The van der Waals surface area contributed by atoms with Crippen molar-refractivity contribution >= 4 is 5.91 Å². The highest BCUT2D eigenvalue weighted by Crippen LogP contribution is 2.29. The number of H-pyrrole nitrogens is 1. The first-order valence-electron chi connectivity index (χ1n) is 7.44. The summed E-state index contributed by atoms with van der Waals surface area (Å²) in [5.41, 5.74) is 0.737. The normalized spacial score (nSPS) is 16.7. The fourth-order valence-electron chi connectivity index (χ4n) is 2.68. The van der Waals surface area contributed by atoms with Crippen LogP contribution in [0.3, 0.4) is 0 Å². The number of hydrogen-bond acceptors (Lipinski definition) is 6. The number of carbonyl (C=O) groups excluding carboxylic acids is 1. The molecule has 120 valence electrons. The van der Waals surface area contributed by atoms with E-state index in [9.17, 15) is 4.79 Å². The Bertz CT molecular complexity index is 724. The number of nitrogens with zero attached hydrogens (tertiary/aromatic N) is 3. The van der Waals surface area contributed by atoms with Gasteiger partial charge in [-0.25, -0.2) is 0 Å². The van der Waals surface area contributed by atoms with Crippen LogP contribution in [0.5, 0.6) is 0 Å². The largest absolute Gasteiger partial charge is 0.381 e. The minimum atomic E-state index is -0.374. The lowest BCUT2D eigenvalue weighted by Gasteiger charge is -2.28. The fourth-order valence-corrected chi connectivity index (χ4v) is 2.68. The van der Waals surface area contributed by atoms with Gasteiger partial charge in [0, 0.05) is 19.4 Å². The molecule has 8 heteroatoms. The number of rotatable bonds is 4. The van der Waals surface area contributed by atoms with Crippen molar-refractivity contribution in [3.05, 3.63) is 35.2 Å². The Balaban J connectivity index is 1.80. The van der Waals surface area contributed by atoms with Crippen LogP contribution in [-0.2, 0) is 4.74 Å². The van der Waals surface area contributed by atoms with Crippen molar-refractivity contribution in [2.24, 2.45) is 5.92 Å². The highest BCUT2D eigenvalue weighted by Gasteiger charge is 2.31. The Hall–Kier alpha value is -2.66. The van der Waals surface area contributed by atoms with E-state index in [4.69, 9.17) is 14.5 Å². The molecule has 0 aromatic carbocycles. The van der Waals surface area contributed by atoms with Gasteiger partial charge in [0.1, 0.15) is 17.8 Å². The molecule has 3 heterocycles. The zero-order valence-electron chi connectivity index (χ0n) is 12.7. The molecular formula is C15H17N5O3. The average molecular weight is 315 g/mol. The summed E-state index contributed by atoms with van der Waals surface area (Å²) in [5.74, 6) is 0.782. The average Bonchev–Trinajstić information content (AvgIpc) is 3.22. The number of aryl methyl sites for hydroxylation is 1. The van der Waals surface area contributed by atoms with Crippen molar-refractivity contribution in [1.82, 2.24) is 20.4 Å². The summed E-state index contributed by atoms with van der Waals surface area (Å²) >= 11 is 0. The summed E-state index contributed by atoms with van der Waals surface area (Å²) in [6.45, 7) is 3.02.